The van der Waals surface area contributed by atoms with Crippen LogP contribution in [-0.2, 0) is 0 Å². The van der Waals surface area contributed by atoms with E-state index < -0.39 is 10.7 Å². The Morgan fingerprint density at radius 3 is 2.72 bits per heavy atom. The molecule has 0 amide bonds. The van der Waals surface area contributed by atoms with Crippen molar-refractivity contribution in [3.8, 4) is 6.07 Å². The molecule has 0 N–H and O–H groups in total. The SMILES string of the molecule is CC(C)N(CCC#N)c1ccc(F)cc1[N+](=O)[O-]. The van der Waals surface area contributed by atoms with Gasteiger partial charge in [0.1, 0.15) is 11.5 Å². The number of halogens is 1. The Kier molecular flexibility index (Phi) is 4.60. The maximum absolute atomic E-state index is 13.0. The Balaban J connectivity index is 3.19. The lowest BCUT2D eigenvalue weighted by atomic mass is 10.2. The second-order valence-electron chi connectivity index (χ2n) is 4.09. The van der Waals surface area contributed by atoms with E-state index >= 15 is 0 Å². The van der Waals surface area contributed by atoms with E-state index in [2.05, 4.69) is 0 Å². The summed E-state index contributed by atoms with van der Waals surface area (Å²) < 4.78 is 13.0. The summed E-state index contributed by atoms with van der Waals surface area (Å²) in [5.74, 6) is -0.644. The van der Waals surface area contributed by atoms with Crippen LogP contribution < -0.4 is 4.90 Å². The molecule has 1 aromatic carbocycles. The van der Waals surface area contributed by atoms with E-state index in [1.807, 2.05) is 19.9 Å². The van der Waals surface area contributed by atoms with Crippen molar-refractivity contribution in [2.75, 3.05) is 11.4 Å². The van der Waals surface area contributed by atoms with Gasteiger partial charge in [-0.2, -0.15) is 5.26 Å². The minimum Gasteiger partial charge on any atom is -0.363 e. The maximum Gasteiger partial charge on any atom is 0.295 e. The van der Waals surface area contributed by atoms with Crippen molar-refractivity contribution in [2.24, 2.45) is 0 Å². The predicted octanol–water partition coefficient (Wildman–Crippen LogP) is 2.86. The molecule has 0 aliphatic carbocycles. The van der Waals surface area contributed by atoms with Gasteiger partial charge in [0.25, 0.3) is 5.69 Å². The molecule has 0 bridgehead atoms. The first-order valence-corrected chi connectivity index (χ1v) is 5.55. The van der Waals surface area contributed by atoms with Crippen molar-refractivity contribution in [2.45, 2.75) is 26.3 Å². The van der Waals surface area contributed by atoms with Gasteiger partial charge in [0.15, 0.2) is 0 Å². The molecule has 0 aromatic heterocycles. The van der Waals surface area contributed by atoms with E-state index in [9.17, 15) is 14.5 Å². The van der Waals surface area contributed by atoms with Gasteiger partial charge in [-0.15, -0.1) is 0 Å². The molecule has 0 aliphatic rings. The molecule has 5 nitrogen and oxygen atoms in total. The summed E-state index contributed by atoms with van der Waals surface area (Å²) in [6, 6.07) is 5.45. The van der Waals surface area contributed by atoms with Crippen LogP contribution in [0.2, 0.25) is 0 Å². The number of hydrogen-bond acceptors (Lipinski definition) is 4. The fourth-order valence-corrected chi connectivity index (χ4v) is 1.71. The third kappa shape index (κ3) is 3.17. The Morgan fingerprint density at radius 1 is 1.56 bits per heavy atom. The van der Waals surface area contributed by atoms with Gasteiger partial charge in [-0.1, -0.05) is 0 Å². The van der Waals surface area contributed by atoms with Crippen LogP contribution in [0.5, 0.6) is 0 Å². The van der Waals surface area contributed by atoms with Crippen LogP contribution in [0.4, 0.5) is 15.8 Å². The molecule has 0 radical (unpaired) electrons. The highest BCUT2D eigenvalue weighted by molar-refractivity contribution is 5.63. The largest absolute Gasteiger partial charge is 0.363 e. The summed E-state index contributed by atoms with van der Waals surface area (Å²) >= 11 is 0. The zero-order valence-corrected chi connectivity index (χ0v) is 10.3. The summed E-state index contributed by atoms with van der Waals surface area (Å²) in [6.45, 7) is 4.11. The quantitative estimate of drug-likeness (QED) is 0.596. The second-order valence-corrected chi connectivity index (χ2v) is 4.09. The zero-order valence-electron chi connectivity index (χ0n) is 10.3. The summed E-state index contributed by atoms with van der Waals surface area (Å²) in [7, 11) is 0. The monoisotopic (exact) mass is 251 g/mol. The topological polar surface area (TPSA) is 70.2 Å². The number of nitrogens with zero attached hydrogens (tertiary/aromatic N) is 3. The molecule has 0 fully saturated rings. The van der Waals surface area contributed by atoms with Crippen molar-refractivity contribution < 1.29 is 9.31 Å². The van der Waals surface area contributed by atoms with Gasteiger partial charge in [-0.25, -0.2) is 4.39 Å². The zero-order chi connectivity index (χ0) is 13.7. The van der Waals surface area contributed by atoms with Crippen LogP contribution in [-0.4, -0.2) is 17.5 Å². The van der Waals surface area contributed by atoms with Crippen LogP contribution in [0.15, 0.2) is 18.2 Å². The molecule has 96 valence electrons. The summed E-state index contributed by atoms with van der Waals surface area (Å²) in [6.07, 6.45) is 0.257. The van der Waals surface area contributed by atoms with E-state index in [0.29, 0.717) is 12.2 Å². The Hall–Kier alpha value is -2.16. The number of nitro benzene ring substituents is 1. The van der Waals surface area contributed by atoms with E-state index in [4.69, 9.17) is 5.26 Å². The number of nitro groups is 1. The van der Waals surface area contributed by atoms with Gasteiger partial charge in [0, 0.05) is 12.6 Å². The van der Waals surface area contributed by atoms with E-state index in [-0.39, 0.29) is 18.2 Å². The van der Waals surface area contributed by atoms with Crippen molar-refractivity contribution in [3.05, 3.63) is 34.1 Å². The lowest BCUT2D eigenvalue weighted by Gasteiger charge is -2.27. The van der Waals surface area contributed by atoms with Crippen LogP contribution in [0.3, 0.4) is 0 Å². The lowest BCUT2D eigenvalue weighted by Crippen LogP contribution is -2.32. The van der Waals surface area contributed by atoms with Crippen molar-refractivity contribution in [1.29, 1.82) is 5.26 Å². The number of benzene rings is 1. The van der Waals surface area contributed by atoms with Crippen molar-refractivity contribution >= 4 is 11.4 Å². The van der Waals surface area contributed by atoms with Crippen molar-refractivity contribution in [1.82, 2.24) is 0 Å². The lowest BCUT2D eigenvalue weighted by molar-refractivity contribution is -0.384. The van der Waals surface area contributed by atoms with Gasteiger partial charge in [-0.3, -0.25) is 10.1 Å². The third-order valence-corrected chi connectivity index (χ3v) is 2.53. The minimum absolute atomic E-state index is 0.0116. The van der Waals surface area contributed by atoms with Crippen LogP contribution in [0.1, 0.15) is 20.3 Å². The Morgan fingerprint density at radius 2 is 2.22 bits per heavy atom. The number of rotatable bonds is 5. The van der Waals surface area contributed by atoms with Gasteiger partial charge in [-0.05, 0) is 26.0 Å². The van der Waals surface area contributed by atoms with Gasteiger partial charge in [0.05, 0.1) is 23.5 Å². The molecule has 1 aromatic rings. The highest BCUT2D eigenvalue weighted by atomic mass is 19.1. The fourth-order valence-electron chi connectivity index (χ4n) is 1.71. The van der Waals surface area contributed by atoms with Crippen LogP contribution >= 0.6 is 0 Å². The van der Waals surface area contributed by atoms with Crippen LogP contribution in [0.25, 0.3) is 0 Å². The smallest absolute Gasteiger partial charge is 0.295 e. The molecule has 0 unspecified atom stereocenters. The normalized spacial score (nSPS) is 10.2. The Labute approximate surface area is 105 Å². The maximum atomic E-state index is 13.0. The molecule has 0 aliphatic heterocycles. The summed E-state index contributed by atoms with van der Waals surface area (Å²) in [5, 5.41) is 19.5. The summed E-state index contributed by atoms with van der Waals surface area (Å²) in [5.41, 5.74) is 0.0632. The Bertz CT molecular complexity index is 483. The average molecular weight is 251 g/mol. The first-order chi connectivity index (χ1) is 8.47. The molecule has 6 heteroatoms. The van der Waals surface area contributed by atoms with Gasteiger partial charge in [0.2, 0.25) is 0 Å². The number of hydrogen-bond donors (Lipinski definition) is 0. The summed E-state index contributed by atoms with van der Waals surface area (Å²) in [4.78, 5) is 12.0. The third-order valence-electron chi connectivity index (χ3n) is 2.53. The minimum atomic E-state index is -0.644. The van der Waals surface area contributed by atoms with E-state index in [1.165, 1.54) is 12.1 Å². The first-order valence-electron chi connectivity index (χ1n) is 5.55. The molecular formula is C12H14FN3O2. The molecule has 0 spiro atoms. The van der Waals surface area contributed by atoms with Gasteiger partial charge >= 0.3 is 0 Å². The molecule has 0 saturated heterocycles. The van der Waals surface area contributed by atoms with E-state index in [0.717, 1.165) is 6.07 Å². The highest BCUT2D eigenvalue weighted by Crippen LogP contribution is 2.30. The first kappa shape index (κ1) is 13.9. The molecule has 18 heavy (non-hydrogen) atoms. The molecule has 0 heterocycles. The van der Waals surface area contributed by atoms with Gasteiger partial charge < -0.3 is 4.90 Å². The predicted molar refractivity (Wildman–Crippen MR) is 65.8 cm³/mol. The average Bonchev–Trinajstić information content (AvgIpc) is 2.30. The number of anilines is 1. The molecule has 0 atom stereocenters. The number of nitriles is 1. The fraction of sp³-hybridized carbons (Fsp3) is 0.417. The standard InChI is InChI=1S/C12H14FN3O2/c1-9(2)15(7-3-6-14)11-5-4-10(13)8-12(11)16(17)18/h4-5,8-9H,3,7H2,1-2H3. The molecule has 1 rings (SSSR count). The van der Waals surface area contributed by atoms with Crippen LogP contribution in [0, 0.1) is 27.3 Å². The highest BCUT2D eigenvalue weighted by Gasteiger charge is 2.21. The van der Waals surface area contributed by atoms with Crippen molar-refractivity contribution in [3.63, 3.8) is 0 Å². The second kappa shape index (κ2) is 5.96. The molecule has 0 saturated carbocycles. The van der Waals surface area contributed by atoms with E-state index in [1.54, 1.807) is 4.90 Å². The molecular weight excluding hydrogens is 237 g/mol.